The van der Waals surface area contributed by atoms with E-state index in [0.717, 1.165) is 11.3 Å². The van der Waals surface area contributed by atoms with Crippen molar-refractivity contribution in [3.8, 4) is 5.75 Å². The van der Waals surface area contributed by atoms with Gasteiger partial charge >= 0.3 is 0 Å². The monoisotopic (exact) mass is 450 g/mol. The highest BCUT2D eigenvalue weighted by Gasteiger charge is 2.15. The zero-order chi connectivity index (χ0) is 21.0. The van der Waals surface area contributed by atoms with Crippen LogP contribution in [0, 0.1) is 0 Å². The summed E-state index contributed by atoms with van der Waals surface area (Å²) in [5.41, 5.74) is 1.27. The van der Waals surface area contributed by atoms with Crippen molar-refractivity contribution in [3.63, 3.8) is 0 Å². The van der Waals surface area contributed by atoms with E-state index in [1.807, 2.05) is 13.8 Å². The van der Waals surface area contributed by atoms with Crippen molar-refractivity contribution < 1.29 is 17.9 Å². The van der Waals surface area contributed by atoms with Crippen LogP contribution in [0.25, 0.3) is 0 Å². The topological polar surface area (TPSA) is 84.5 Å². The van der Waals surface area contributed by atoms with E-state index in [-0.39, 0.29) is 16.2 Å². The molecule has 0 fully saturated rings. The molecular formula is C20H19ClN2O4S2. The summed E-state index contributed by atoms with van der Waals surface area (Å²) in [7, 11) is -3.63. The first-order valence-corrected chi connectivity index (χ1v) is 11.4. The van der Waals surface area contributed by atoms with Gasteiger partial charge in [0.15, 0.2) is 0 Å². The van der Waals surface area contributed by atoms with Crippen LogP contribution < -0.4 is 14.8 Å². The SMILES string of the molecule is CC(C)Oc1ccc(NC(=O)c2ccc(NS(=O)(=O)c3cccs3)cc2)cc1Cl. The first-order chi connectivity index (χ1) is 13.7. The molecule has 1 amide bonds. The Morgan fingerprint density at radius 2 is 1.76 bits per heavy atom. The van der Waals surface area contributed by atoms with Crippen molar-refractivity contribution >= 4 is 50.2 Å². The Morgan fingerprint density at radius 3 is 2.34 bits per heavy atom. The van der Waals surface area contributed by atoms with E-state index in [1.54, 1.807) is 41.8 Å². The van der Waals surface area contributed by atoms with Gasteiger partial charge in [0.2, 0.25) is 0 Å². The molecule has 0 spiro atoms. The lowest BCUT2D eigenvalue weighted by molar-refractivity contribution is 0.102. The number of ether oxygens (including phenoxy) is 1. The highest BCUT2D eigenvalue weighted by atomic mass is 35.5. The van der Waals surface area contributed by atoms with Gasteiger partial charge in [0.05, 0.1) is 11.1 Å². The first-order valence-electron chi connectivity index (χ1n) is 8.68. The van der Waals surface area contributed by atoms with Crippen LogP contribution in [0.4, 0.5) is 11.4 Å². The molecule has 1 heterocycles. The molecule has 0 saturated carbocycles. The molecule has 0 aliphatic carbocycles. The van der Waals surface area contributed by atoms with E-state index in [0.29, 0.717) is 27.7 Å². The van der Waals surface area contributed by atoms with Gasteiger partial charge in [-0.05, 0) is 67.8 Å². The largest absolute Gasteiger partial charge is 0.489 e. The molecule has 0 unspecified atom stereocenters. The minimum atomic E-state index is -3.63. The molecule has 29 heavy (non-hydrogen) atoms. The summed E-state index contributed by atoms with van der Waals surface area (Å²) >= 11 is 7.32. The number of carbonyl (C=O) groups excluding carboxylic acids is 1. The molecule has 0 radical (unpaired) electrons. The van der Waals surface area contributed by atoms with E-state index < -0.39 is 10.0 Å². The Bertz CT molecular complexity index is 1100. The Labute approximate surface area is 178 Å². The molecular weight excluding hydrogens is 432 g/mol. The number of carbonyl (C=O) groups is 1. The number of sulfonamides is 1. The van der Waals surface area contributed by atoms with Gasteiger partial charge in [-0.3, -0.25) is 9.52 Å². The quantitative estimate of drug-likeness (QED) is 0.515. The second kappa shape index (κ2) is 8.86. The summed E-state index contributed by atoms with van der Waals surface area (Å²) in [6.45, 7) is 3.80. The molecule has 0 aliphatic heterocycles. The van der Waals surface area contributed by atoms with Crippen molar-refractivity contribution in [3.05, 3.63) is 70.6 Å². The zero-order valence-electron chi connectivity index (χ0n) is 15.7. The first kappa shape index (κ1) is 21.2. The predicted octanol–water partition coefficient (Wildman–Crippen LogP) is 5.24. The van der Waals surface area contributed by atoms with E-state index in [1.165, 1.54) is 18.2 Å². The van der Waals surface area contributed by atoms with Gasteiger partial charge in [0, 0.05) is 16.9 Å². The highest BCUT2D eigenvalue weighted by molar-refractivity contribution is 7.94. The van der Waals surface area contributed by atoms with Gasteiger partial charge in [-0.1, -0.05) is 17.7 Å². The molecule has 0 aliphatic rings. The van der Waals surface area contributed by atoms with Crippen LogP contribution in [0.1, 0.15) is 24.2 Å². The minimum Gasteiger partial charge on any atom is -0.489 e. The molecule has 0 atom stereocenters. The number of thiophene rings is 1. The minimum absolute atomic E-state index is 0.0105. The van der Waals surface area contributed by atoms with Crippen molar-refractivity contribution in [1.29, 1.82) is 0 Å². The van der Waals surface area contributed by atoms with Gasteiger partial charge in [0.1, 0.15) is 9.96 Å². The van der Waals surface area contributed by atoms with Crippen LogP contribution in [-0.2, 0) is 10.0 Å². The van der Waals surface area contributed by atoms with Crippen LogP contribution in [-0.4, -0.2) is 20.4 Å². The van der Waals surface area contributed by atoms with Gasteiger partial charge in [-0.2, -0.15) is 0 Å². The fourth-order valence-electron chi connectivity index (χ4n) is 2.44. The second-order valence-corrected chi connectivity index (χ2v) is 9.65. The van der Waals surface area contributed by atoms with Crippen LogP contribution >= 0.6 is 22.9 Å². The number of rotatable bonds is 7. The van der Waals surface area contributed by atoms with Crippen molar-refractivity contribution in [1.82, 2.24) is 0 Å². The lowest BCUT2D eigenvalue weighted by Crippen LogP contribution is -2.13. The Balaban J connectivity index is 1.67. The summed E-state index contributed by atoms with van der Waals surface area (Å²) < 4.78 is 32.8. The molecule has 152 valence electrons. The molecule has 0 bridgehead atoms. The lowest BCUT2D eigenvalue weighted by Gasteiger charge is -2.13. The molecule has 3 rings (SSSR count). The zero-order valence-corrected chi connectivity index (χ0v) is 18.1. The maximum Gasteiger partial charge on any atom is 0.271 e. The number of amides is 1. The fraction of sp³-hybridized carbons (Fsp3) is 0.150. The molecule has 6 nitrogen and oxygen atoms in total. The highest BCUT2D eigenvalue weighted by Crippen LogP contribution is 2.29. The standard InChI is InChI=1S/C20H19ClN2O4S2/c1-13(2)27-18-10-9-16(12-17(18)21)22-20(24)14-5-7-15(8-6-14)23-29(25,26)19-4-3-11-28-19/h3-13,23H,1-2H3,(H,22,24). The van der Waals surface area contributed by atoms with Crippen molar-refractivity contribution in [2.75, 3.05) is 10.0 Å². The average Bonchev–Trinajstić information content (AvgIpc) is 3.20. The van der Waals surface area contributed by atoms with Crippen LogP contribution in [0.5, 0.6) is 5.75 Å². The van der Waals surface area contributed by atoms with E-state index in [4.69, 9.17) is 16.3 Å². The molecule has 0 saturated heterocycles. The maximum atomic E-state index is 12.4. The number of hydrogen-bond donors (Lipinski definition) is 2. The van der Waals surface area contributed by atoms with Crippen molar-refractivity contribution in [2.24, 2.45) is 0 Å². The van der Waals surface area contributed by atoms with E-state index >= 15 is 0 Å². The van der Waals surface area contributed by atoms with Gasteiger partial charge in [-0.25, -0.2) is 8.42 Å². The second-order valence-electron chi connectivity index (χ2n) is 6.38. The summed E-state index contributed by atoms with van der Waals surface area (Å²) in [5.74, 6) is 0.202. The number of benzene rings is 2. The third-order valence-corrected chi connectivity index (χ3v) is 6.79. The maximum absolute atomic E-state index is 12.4. The predicted molar refractivity (Wildman–Crippen MR) is 117 cm³/mol. The number of anilines is 2. The average molecular weight is 451 g/mol. The molecule has 9 heteroatoms. The Morgan fingerprint density at radius 1 is 1.07 bits per heavy atom. The van der Waals surface area contributed by atoms with Gasteiger partial charge in [-0.15, -0.1) is 11.3 Å². The number of hydrogen-bond acceptors (Lipinski definition) is 5. The normalized spacial score (nSPS) is 11.3. The third kappa shape index (κ3) is 5.50. The summed E-state index contributed by atoms with van der Waals surface area (Å²) in [6, 6.07) is 14.3. The Hall–Kier alpha value is -2.55. The summed E-state index contributed by atoms with van der Waals surface area (Å²) in [6.07, 6.45) is -0.0105. The summed E-state index contributed by atoms with van der Waals surface area (Å²) in [5, 5.41) is 4.84. The van der Waals surface area contributed by atoms with Crippen LogP contribution in [0.2, 0.25) is 5.02 Å². The molecule has 2 N–H and O–H groups in total. The van der Waals surface area contributed by atoms with Gasteiger partial charge in [0.25, 0.3) is 15.9 Å². The molecule has 3 aromatic rings. The number of halogens is 1. The number of nitrogens with one attached hydrogen (secondary N) is 2. The van der Waals surface area contributed by atoms with Crippen LogP contribution in [0.15, 0.2) is 64.2 Å². The third-order valence-electron chi connectivity index (χ3n) is 3.71. The summed E-state index contributed by atoms with van der Waals surface area (Å²) in [4.78, 5) is 12.4. The van der Waals surface area contributed by atoms with Crippen LogP contribution in [0.3, 0.4) is 0 Å². The molecule has 1 aromatic heterocycles. The lowest BCUT2D eigenvalue weighted by atomic mass is 10.2. The Kier molecular flexibility index (Phi) is 6.46. The smallest absolute Gasteiger partial charge is 0.271 e. The van der Waals surface area contributed by atoms with E-state index in [2.05, 4.69) is 10.0 Å². The fourth-order valence-corrected chi connectivity index (χ4v) is 4.72. The molecule has 2 aromatic carbocycles. The van der Waals surface area contributed by atoms with Crippen molar-refractivity contribution in [2.45, 2.75) is 24.2 Å². The van der Waals surface area contributed by atoms with E-state index in [9.17, 15) is 13.2 Å². The van der Waals surface area contributed by atoms with Gasteiger partial charge < -0.3 is 10.1 Å².